The highest BCUT2D eigenvalue weighted by atomic mass is 35.5. The number of carbonyl (C=O) groups excluding carboxylic acids is 1. The van der Waals surface area contributed by atoms with Gasteiger partial charge in [-0.1, -0.05) is 0 Å². The zero-order valence-electron chi connectivity index (χ0n) is 12.6. The molecule has 0 saturated carbocycles. The molecule has 130 valence electrons. The van der Waals surface area contributed by atoms with E-state index in [1.807, 2.05) is 0 Å². The Morgan fingerprint density at radius 3 is 3.04 bits per heavy atom. The summed E-state index contributed by atoms with van der Waals surface area (Å²) in [7, 11) is 1.41. The van der Waals surface area contributed by atoms with Gasteiger partial charge < -0.3 is 14.8 Å². The smallest absolute Gasteiger partial charge is 0.400 e. The number of aromatic nitrogens is 4. The molecular weight excluding hydrogens is 348 g/mol. The van der Waals surface area contributed by atoms with Crippen LogP contribution < -0.4 is 10.1 Å². The van der Waals surface area contributed by atoms with E-state index in [9.17, 15) is 13.6 Å². The fourth-order valence-corrected chi connectivity index (χ4v) is 2.47. The van der Waals surface area contributed by atoms with Crippen molar-refractivity contribution >= 4 is 23.3 Å². The number of hydrogen-bond donors (Lipinski definition) is 2. The molecule has 8 nitrogen and oxygen atoms in total. The van der Waals surface area contributed by atoms with E-state index in [0.29, 0.717) is 6.61 Å². The lowest BCUT2D eigenvalue weighted by molar-refractivity contribution is -0.0993. The van der Waals surface area contributed by atoms with Crippen molar-refractivity contribution in [2.45, 2.75) is 24.5 Å². The fraction of sp³-hybridized carbons (Fsp3) is 0.462. The average molecular weight is 362 g/mol. The highest BCUT2D eigenvalue weighted by Gasteiger charge is 2.30. The molecule has 2 N–H and O–H groups in total. The molecule has 2 aromatic rings. The number of hydrogen-bond acceptors (Lipinski definition) is 5. The first kappa shape index (κ1) is 16.7. The predicted molar refractivity (Wildman–Crippen MR) is 79.1 cm³/mol. The first-order valence-electron chi connectivity index (χ1n) is 7.10. The second-order valence-corrected chi connectivity index (χ2v) is 5.64. The van der Waals surface area contributed by atoms with E-state index in [2.05, 4.69) is 37.0 Å². The summed E-state index contributed by atoms with van der Waals surface area (Å²) in [4.78, 5) is 12.2. The number of alkyl halides is 3. The van der Waals surface area contributed by atoms with Gasteiger partial charge in [0, 0.05) is 37.4 Å². The maximum Gasteiger partial charge on any atom is 0.488 e. The molecule has 1 saturated heterocycles. The van der Waals surface area contributed by atoms with Gasteiger partial charge in [-0.3, -0.25) is 14.6 Å². The largest absolute Gasteiger partial charge is 0.488 e. The van der Waals surface area contributed by atoms with Crippen molar-refractivity contribution in [3.05, 3.63) is 23.5 Å². The number of nitrogens with zero attached hydrogens (tertiary/aromatic N) is 3. The van der Waals surface area contributed by atoms with Crippen molar-refractivity contribution < 1.29 is 23.0 Å². The maximum absolute atomic E-state index is 12.6. The number of ether oxygens (including phenoxy) is 2. The van der Waals surface area contributed by atoms with Crippen LogP contribution in [0.25, 0.3) is 0 Å². The molecule has 1 aliphatic heterocycles. The summed E-state index contributed by atoms with van der Waals surface area (Å²) >= 11 is 4.67. The second-order valence-electron chi connectivity index (χ2n) is 5.20. The molecule has 0 aliphatic carbocycles. The van der Waals surface area contributed by atoms with Gasteiger partial charge in [-0.15, -0.1) is 13.9 Å². The second kappa shape index (κ2) is 6.36. The molecule has 0 unspecified atom stereocenters. The van der Waals surface area contributed by atoms with E-state index >= 15 is 0 Å². The zero-order valence-corrected chi connectivity index (χ0v) is 13.3. The monoisotopic (exact) mass is 361 g/mol. The van der Waals surface area contributed by atoms with Crippen molar-refractivity contribution in [2.75, 3.05) is 11.9 Å². The maximum atomic E-state index is 12.6. The summed E-state index contributed by atoms with van der Waals surface area (Å²) in [6.07, 6.45) is 1.78. The molecule has 3 rings (SSSR count). The van der Waals surface area contributed by atoms with Gasteiger partial charge in [-0.25, -0.2) is 0 Å². The number of H-pyrrole nitrogens is 1. The first-order chi connectivity index (χ1) is 11.3. The van der Waals surface area contributed by atoms with Crippen molar-refractivity contribution in [2.24, 2.45) is 7.05 Å². The Morgan fingerprint density at radius 2 is 2.38 bits per heavy atom. The molecule has 1 atom stereocenters. The zero-order chi connectivity index (χ0) is 17.3. The van der Waals surface area contributed by atoms with Gasteiger partial charge >= 0.3 is 5.57 Å². The molecule has 0 aromatic carbocycles. The molecule has 0 bridgehead atoms. The van der Waals surface area contributed by atoms with E-state index in [-0.39, 0.29) is 17.6 Å². The highest BCUT2D eigenvalue weighted by Crippen LogP contribution is 2.28. The average Bonchev–Trinajstić information content (AvgIpc) is 3.17. The number of aromatic amines is 1. The van der Waals surface area contributed by atoms with E-state index in [1.165, 1.54) is 7.05 Å². The van der Waals surface area contributed by atoms with Gasteiger partial charge in [0.1, 0.15) is 5.69 Å². The quantitative estimate of drug-likeness (QED) is 0.798. The Balaban J connectivity index is 1.68. The van der Waals surface area contributed by atoms with Gasteiger partial charge in [-0.2, -0.15) is 5.10 Å². The van der Waals surface area contributed by atoms with Gasteiger partial charge in [-0.05, 0) is 12.8 Å². The molecule has 11 heteroatoms. The molecule has 24 heavy (non-hydrogen) atoms. The Morgan fingerprint density at radius 1 is 1.58 bits per heavy atom. The number of carbonyl (C=O) groups is 1. The molecule has 1 fully saturated rings. The summed E-state index contributed by atoms with van der Waals surface area (Å²) in [5, 5.41) is 13.0. The van der Waals surface area contributed by atoms with Crippen LogP contribution in [-0.4, -0.2) is 38.1 Å². The van der Waals surface area contributed by atoms with E-state index in [4.69, 9.17) is 4.74 Å². The van der Waals surface area contributed by atoms with Crippen molar-refractivity contribution in [1.82, 2.24) is 20.0 Å². The Hall–Kier alpha value is -2.20. The van der Waals surface area contributed by atoms with Crippen LogP contribution in [0.2, 0.25) is 0 Å². The third-order valence-corrected chi connectivity index (χ3v) is 3.50. The molecule has 3 heterocycles. The minimum atomic E-state index is -3.90. The number of aryl methyl sites for hydroxylation is 1. The summed E-state index contributed by atoms with van der Waals surface area (Å²) in [5.41, 5.74) is -3.13. The Kier molecular flexibility index (Phi) is 4.41. The standard InChI is InChI=1S/C13H14ClF2N5O3/c1-21-8(6-11(20-21)24-13(14,15)16)12(22)17-10-5-7(18-19-10)9-3-2-4-23-9/h5-6,9H,2-4H2,1H3,(H2,17,18,19,22)/t9-/m1/s1. The topological polar surface area (TPSA) is 94.1 Å². The van der Waals surface area contributed by atoms with Gasteiger partial charge in [0.05, 0.1) is 11.8 Å². The fourth-order valence-electron chi connectivity index (χ4n) is 2.39. The summed E-state index contributed by atoms with van der Waals surface area (Å²) in [5.74, 6) is -0.760. The lowest BCUT2D eigenvalue weighted by Crippen LogP contribution is -2.16. The van der Waals surface area contributed by atoms with Gasteiger partial charge in [0.15, 0.2) is 5.82 Å². The Bertz CT molecular complexity index is 736. The van der Waals surface area contributed by atoms with Crippen LogP contribution in [0.4, 0.5) is 14.6 Å². The van der Waals surface area contributed by atoms with Crippen molar-refractivity contribution in [1.29, 1.82) is 0 Å². The number of nitrogens with one attached hydrogen (secondary N) is 2. The molecular formula is C13H14ClF2N5O3. The lowest BCUT2D eigenvalue weighted by Gasteiger charge is -2.05. The van der Waals surface area contributed by atoms with E-state index in [0.717, 1.165) is 29.3 Å². The number of halogens is 3. The Labute approximate surface area is 140 Å². The molecule has 2 aromatic heterocycles. The van der Waals surface area contributed by atoms with Crippen LogP contribution in [0.3, 0.4) is 0 Å². The molecule has 0 radical (unpaired) electrons. The van der Waals surface area contributed by atoms with Crippen LogP contribution >= 0.6 is 11.6 Å². The number of anilines is 1. The molecule has 1 aliphatic rings. The summed E-state index contributed by atoms with van der Waals surface area (Å²) in [6.45, 7) is 0.689. The highest BCUT2D eigenvalue weighted by molar-refractivity contribution is 6.20. The molecule has 0 spiro atoms. The van der Waals surface area contributed by atoms with Crippen molar-refractivity contribution in [3.63, 3.8) is 0 Å². The summed E-state index contributed by atoms with van der Waals surface area (Å²) < 4.78 is 36.0. The SMILES string of the molecule is Cn1nc(OC(F)(F)Cl)cc1C(=O)Nc1cc([C@H]2CCCO2)[nH]n1. The van der Waals surface area contributed by atoms with Crippen LogP contribution in [-0.2, 0) is 11.8 Å². The van der Waals surface area contributed by atoms with Crippen LogP contribution in [0.1, 0.15) is 35.1 Å². The predicted octanol–water partition coefficient (Wildman–Crippen LogP) is 2.41. The minimum Gasteiger partial charge on any atom is -0.400 e. The normalized spacial score (nSPS) is 17.9. The van der Waals surface area contributed by atoms with Crippen LogP contribution in [0.15, 0.2) is 12.1 Å². The minimum absolute atomic E-state index is 0.00702. The first-order valence-corrected chi connectivity index (χ1v) is 7.47. The third-order valence-electron chi connectivity index (χ3n) is 3.43. The molecule has 1 amide bonds. The summed E-state index contributed by atoms with van der Waals surface area (Å²) in [6, 6.07) is 2.72. The van der Waals surface area contributed by atoms with Crippen LogP contribution in [0.5, 0.6) is 5.88 Å². The van der Waals surface area contributed by atoms with E-state index in [1.54, 1.807) is 6.07 Å². The number of rotatable bonds is 5. The van der Waals surface area contributed by atoms with E-state index < -0.39 is 17.4 Å². The lowest BCUT2D eigenvalue weighted by atomic mass is 10.2. The third kappa shape index (κ3) is 3.82. The van der Waals surface area contributed by atoms with Crippen molar-refractivity contribution in [3.8, 4) is 5.88 Å². The van der Waals surface area contributed by atoms with Gasteiger partial charge in [0.2, 0.25) is 5.88 Å². The van der Waals surface area contributed by atoms with Gasteiger partial charge in [0.25, 0.3) is 5.91 Å². The number of amides is 1. The van der Waals surface area contributed by atoms with Crippen LogP contribution in [0, 0.1) is 0 Å².